The highest BCUT2D eigenvalue weighted by molar-refractivity contribution is 5.75. The van der Waals surface area contributed by atoms with Crippen LogP contribution in [0.3, 0.4) is 0 Å². The molecule has 0 radical (unpaired) electrons. The van der Waals surface area contributed by atoms with Gasteiger partial charge >= 0.3 is 5.97 Å². The Morgan fingerprint density at radius 2 is 1.86 bits per heavy atom. The maximum atomic E-state index is 10.8. The maximum Gasteiger partial charge on any atom is 0.321 e. The molecule has 5 heteroatoms. The molecule has 0 aromatic carbocycles. The molecule has 0 saturated heterocycles. The highest BCUT2D eigenvalue weighted by atomic mass is 16.4. The van der Waals surface area contributed by atoms with E-state index in [0.717, 1.165) is 0 Å². The van der Waals surface area contributed by atoms with Crippen LogP contribution >= 0.6 is 0 Å². The number of carbonyl (C=O) groups excluding carboxylic acids is 2. The van der Waals surface area contributed by atoms with E-state index < -0.39 is 12.0 Å². The number of aliphatic carboxylic acids is 1. The molecule has 0 fully saturated rings. The minimum absolute atomic E-state index is 0.0659. The number of carbonyl (C=O) groups is 3. The lowest BCUT2D eigenvalue weighted by molar-refractivity contribution is -0.143. The van der Waals surface area contributed by atoms with Crippen LogP contribution < -0.4 is 0 Å². The summed E-state index contributed by atoms with van der Waals surface area (Å²) in [5, 5.41) is 8.81. The molecule has 14 heavy (non-hydrogen) atoms. The number of carboxylic acid groups (broad SMARTS) is 1. The molecule has 0 aromatic rings. The fourth-order valence-corrected chi connectivity index (χ4v) is 1.08. The Morgan fingerprint density at radius 3 is 2.14 bits per heavy atom. The lowest BCUT2D eigenvalue weighted by atomic mass is 10.1. The Bertz CT molecular complexity index is 217. The van der Waals surface area contributed by atoms with Crippen molar-refractivity contribution in [1.82, 2.24) is 4.90 Å². The highest BCUT2D eigenvalue weighted by Crippen LogP contribution is 2.03. The molecule has 78 valence electrons. The van der Waals surface area contributed by atoms with Gasteiger partial charge in [-0.25, -0.2) is 0 Å². The van der Waals surface area contributed by atoms with E-state index in [-0.39, 0.29) is 19.5 Å². The van der Waals surface area contributed by atoms with Crippen molar-refractivity contribution in [2.45, 2.75) is 12.5 Å². The number of aldehydes is 2. The van der Waals surface area contributed by atoms with E-state index in [2.05, 4.69) is 6.58 Å². The summed E-state index contributed by atoms with van der Waals surface area (Å²) in [7, 11) is 0. The van der Waals surface area contributed by atoms with Crippen molar-refractivity contribution in [3.05, 3.63) is 12.7 Å². The van der Waals surface area contributed by atoms with Gasteiger partial charge in [-0.05, 0) is 6.42 Å². The molecule has 0 saturated carbocycles. The number of hydrogen-bond donors (Lipinski definition) is 1. The summed E-state index contributed by atoms with van der Waals surface area (Å²) in [5.41, 5.74) is 0. The number of nitrogens with zero attached hydrogens (tertiary/aromatic N) is 1. The van der Waals surface area contributed by atoms with Crippen LogP contribution in [0.15, 0.2) is 12.7 Å². The zero-order valence-corrected chi connectivity index (χ0v) is 7.76. The van der Waals surface area contributed by atoms with Crippen LogP contribution in [0.2, 0.25) is 0 Å². The summed E-state index contributed by atoms with van der Waals surface area (Å²) in [6.45, 7) is 3.29. The van der Waals surface area contributed by atoms with E-state index in [1.165, 1.54) is 11.0 Å². The Kier molecular flexibility index (Phi) is 6.22. The van der Waals surface area contributed by atoms with Crippen LogP contribution in [0, 0.1) is 0 Å². The van der Waals surface area contributed by atoms with Gasteiger partial charge in [-0.3, -0.25) is 9.69 Å². The van der Waals surface area contributed by atoms with E-state index in [4.69, 9.17) is 5.11 Å². The van der Waals surface area contributed by atoms with Gasteiger partial charge in [0, 0.05) is 0 Å². The SMILES string of the molecule is C=CCC(C(=O)O)N(CC=O)CC=O. The summed E-state index contributed by atoms with van der Waals surface area (Å²) >= 11 is 0. The largest absolute Gasteiger partial charge is 0.480 e. The smallest absolute Gasteiger partial charge is 0.321 e. The maximum absolute atomic E-state index is 10.8. The van der Waals surface area contributed by atoms with Gasteiger partial charge in [0.25, 0.3) is 0 Å². The zero-order valence-electron chi connectivity index (χ0n) is 7.76. The number of rotatable bonds is 8. The van der Waals surface area contributed by atoms with Gasteiger partial charge < -0.3 is 14.7 Å². The van der Waals surface area contributed by atoms with Gasteiger partial charge in [-0.2, -0.15) is 0 Å². The van der Waals surface area contributed by atoms with E-state index >= 15 is 0 Å². The van der Waals surface area contributed by atoms with Crippen LogP contribution in [0.25, 0.3) is 0 Å². The fraction of sp³-hybridized carbons (Fsp3) is 0.444. The monoisotopic (exact) mass is 199 g/mol. The minimum atomic E-state index is -1.06. The molecule has 5 nitrogen and oxygen atoms in total. The summed E-state index contributed by atoms with van der Waals surface area (Å²) in [6.07, 6.45) is 2.80. The van der Waals surface area contributed by atoms with Crippen LogP contribution in [-0.4, -0.2) is 47.7 Å². The number of hydrogen-bond acceptors (Lipinski definition) is 4. The molecule has 0 aliphatic rings. The van der Waals surface area contributed by atoms with Gasteiger partial charge in [0.2, 0.25) is 0 Å². The molecule has 0 aromatic heterocycles. The number of carboxylic acids is 1. The first-order valence-corrected chi connectivity index (χ1v) is 4.12. The summed E-state index contributed by atoms with van der Waals surface area (Å²) in [5.74, 6) is -1.06. The van der Waals surface area contributed by atoms with Crippen LogP contribution in [0.4, 0.5) is 0 Å². The minimum Gasteiger partial charge on any atom is -0.480 e. The van der Waals surface area contributed by atoms with E-state index in [1.807, 2.05) is 0 Å². The van der Waals surface area contributed by atoms with Gasteiger partial charge in [-0.1, -0.05) is 6.08 Å². The Labute approximate surface area is 82.0 Å². The average Bonchev–Trinajstić information content (AvgIpc) is 2.13. The van der Waals surface area contributed by atoms with E-state index in [9.17, 15) is 14.4 Å². The van der Waals surface area contributed by atoms with Crippen molar-refractivity contribution in [3.8, 4) is 0 Å². The van der Waals surface area contributed by atoms with Gasteiger partial charge in [-0.15, -0.1) is 6.58 Å². The Balaban J connectivity index is 4.50. The standard InChI is InChI=1S/C9H13NO4/c1-2-3-8(9(13)14)10(4-6-11)5-7-12/h2,6-8H,1,3-5H2,(H,13,14). The molecule has 1 atom stereocenters. The van der Waals surface area contributed by atoms with Gasteiger partial charge in [0.1, 0.15) is 18.6 Å². The molecule has 0 spiro atoms. The van der Waals surface area contributed by atoms with Crippen molar-refractivity contribution in [1.29, 1.82) is 0 Å². The van der Waals surface area contributed by atoms with Gasteiger partial charge in [0.15, 0.2) is 0 Å². The highest BCUT2D eigenvalue weighted by Gasteiger charge is 2.23. The molecule has 0 amide bonds. The Morgan fingerprint density at radius 1 is 1.36 bits per heavy atom. The fourth-order valence-electron chi connectivity index (χ4n) is 1.08. The molecule has 0 heterocycles. The second-order valence-corrected chi connectivity index (χ2v) is 2.67. The molecule has 1 N–H and O–H groups in total. The summed E-state index contributed by atoms with van der Waals surface area (Å²) in [4.78, 5) is 32.5. The second kappa shape index (κ2) is 6.97. The first-order chi connectivity index (χ1) is 6.67. The predicted octanol–water partition coefficient (Wildman–Crippen LogP) is -0.284. The lowest BCUT2D eigenvalue weighted by Crippen LogP contribution is -2.42. The molecule has 0 aliphatic heterocycles. The topological polar surface area (TPSA) is 74.7 Å². The average molecular weight is 199 g/mol. The van der Waals surface area contributed by atoms with Crippen molar-refractivity contribution < 1.29 is 19.5 Å². The summed E-state index contributed by atoms with van der Waals surface area (Å²) < 4.78 is 0. The van der Waals surface area contributed by atoms with Crippen molar-refractivity contribution in [2.24, 2.45) is 0 Å². The van der Waals surface area contributed by atoms with Crippen LogP contribution in [-0.2, 0) is 14.4 Å². The normalized spacial score (nSPS) is 12.1. The molecule has 0 rings (SSSR count). The van der Waals surface area contributed by atoms with Crippen molar-refractivity contribution in [2.75, 3.05) is 13.1 Å². The lowest BCUT2D eigenvalue weighted by Gasteiger charge is -2.23. The molecule has 0 bridgehead atoms. The molecule has 1 unspecified atom stereocenters. The quantitative estimate of drug-likeness (QED) is 0.429. The van der Waals surface area contributed by atoms with Gasteiger partial charge in [0.05, 0.1) is 13.1 Å². The molecular formula is C9H13NO4. The van der Waals surface area contributed by atoms with Crippen molar-refractivity contribution in [3.63, 3.8) is 0 Å². The third-order valence-electron chi connectivity index (χ3n) is 1.73. The first-order valence-electron chi connectivity index (χ1n) is 4.12. The van der Waals surface area contributed by atoms with E-state index in [0.29, 0.717) is 12.6 Å². The van der Waals surface area contributed by atoms with Crippen molar-refractivity contribution >= 4 is 18.5 Å². The van der Waals surface area contributed by atoms with E-state index in [1.54, 1.807) is 0 Å². The third-order valence-corrected chi connectivity index (χ3v) is 1.73. The zero-order chi connectivity index (χ0) is 11.0. The Hall–Kier alpha value is -1.49. The molecular weight excluding hydrogens is 186 g/mol. The van der Waals surface area contributed by atoms with Crippen LogP contribution in [0.1, 0.15) is 6.42 Å². The first kappa shape index (κ1) is 12.5. The van der Waals surface area contributed by atoms with Crippen LogP contribution in [0.5, 0.6) is 0 Å². The second-order valence-electron chi connectivity index (χ2n) is 2.67. The predicted molar refractivity (Wildman–Crippen MR) is 49.9 cm³/mol. The molecule has 0 aliphatic carbocycles. The summed E-state index contributed by atoms with van der Waals surface area (Å²) in [6, 6.07) is -0.858. The third kappa shape index (κ3) is 3.95.